The van der Waals surface area contributed by atoms with Crippen LogP contribution in [-0.2, 0) is 11.3 Å². The van der Waals surface area contributed by atoms with Gasteiger partial charge in [-0.1, -0.05) is 0 Å². The average molecular weight is 384 g/mol. The predicted molar refractivity (Wildman–Crippen MR) is 109 cm³/mol. The maximum absolute atomic E-state index is 5.43. The van der Waals surface area contributed by atoms with Crippen LogP contribution in [0.25, 0.3) is 0 Å². The van der Waals surface area contributed by atoms with Gasteiger partial charge < -0.3 is 14.5 Å². The van der Waals surface area contributed by atoms with E-state index in [-0.39, 0.29) is 0 Å². The third-order valence-corrected chi connectivity index (χ3v) is 5.22. The molecule has 2 aliphatic heterocycles. The van der Waals surface area contributed by atoms with Crippen LogP contribution < -0.4 is 9.80 Å². The molecule has 2 aromatic rings. The summed E-state index contributed by atoms with van der Waals surface area (Å²) in [7, 11) is 0. The van der Waals surface area contributed by atoms with E-state index in [1.54, 1.807) is 0 Å². The van der Waals surface area contributed by atoms with Crippen molar-refractivity contribution in [2.45, 2.75) is 26.8 Å². The Balaban J connectivity index is 1.38. The minimum Gasteiger partial charge on any atom is -0.378 e. The summed E-state index contributed by atoms with van der Waals surface area (Å²) in [5.41, 5.74) is 3.13. The normalized spacial score (nSPS) is 18.9. The molecule has 2 aliphatic rings. The van der Waals surface area contributed by atoms with Crippen molar-refractivity contribution >= 4 is 11.9 Å². The number of aryl methyl sites for hydroxylation is 2. The minimum atomic E-state index is 0.746. The van der Waals surface area contributed by atoms with Gasteiger partial charge in [0.1, 0.15) is 0 Å². The monoisotopic (exact) mass is 383 g/mol. The second-order valence-corrected chi connectivity index (χ2v) is 7.51. The molecule has 28 heavy (non-hydrogen) atoms. The van der Waals surface area contributed by atoms with Crippen molar-refractivity contribution in [1.82, 2.24) is 24.8 Å². The summed E-state index contributed by atoms with van der Waals surface area (Å²) >= 11 is 0. The lowest BCUT2D eigenvalue weighted by Crippen LogP contribution is -2.37. The van der Waals surface area contributed by atoms with E-state index in [0.717, 1.165) is 94.4 Å². The van der Waals surface area contributed by atoms with Gasteiger partial charge >= 0.3 is 0 Å². The number of hydrogen-bond donors (Lipinski definition) is 0. The molecule has 4 rings (SSSR count). The summed E-state index contributed by atoms with van der Waals surface area (Å²) in [6.45, 7) is 12.1. The van der Waals surface area contributed by atoms with Gasteiger partial charge in [0.15, 0.2) is 0 Å². The summed E-state index contributed by atoms with van der Waals surface area (Å²) in [5, 5.41) is 0. The zero-order valence-corrected chi connectivity index (χ0v) is 16.8. The predicted octanol–water partition coefficient (Wildman–Crippen LogP) is 1.43. The molecule has 4 heterocycles. The molecule has 0 bridgehead atoms. The Morgan fingerprint density at radius 3 is 2.39 bits per heavy atom. The van der Waals surface area contributed by atoms with E-state index in [1.807, 2.05) is 32.2 Å². The van der Waals surface area contributed by atoms with E-state index in [2.05, 4.69) is 29.7 Å². The van der Waals surface area contributed by atoms with Crippen LogP contribution in [0.1, 0.15) is 23.5 Å². The maximum atomic E-state index is 5.43. The lowest BCUT2D eigenvalue weighted by Gasteiger charge is -2.27. The van der Waals surface area contributed by atoms with Crippen molar-refractivity contribution in [3.05, 3.63) is 35.4 Å². The molecule has 8 nitrogen and oxygen atoms in total. The van der Waals surface area contributed by atoms with E-state index in [4.69, 9.17) is 9.72 Å². The van der Waals surface area contributed by atoms with Crippen molar-refractivity contribution in [3.8, 4) is 0 Å². The second kappa shape index (κ2) is 8.79. The fourth-order valence-corrected chi connectivity index (χ4v) is 3.80. The van der Waals surface area contributed by atoms with Gasteiger partial charge in [0.25, 0.3) is 0 Å². The number of hydrogen-bond acceptors (Lipinski definition) is 8. The van der Waals surface area contributed by atoms with Gasteiger partial charge in [0, 0.05) is 63.4 Å². The Labute approximate surface area is 166 Å². The molecule has 0 amide bonds. The highest BCUT2D eigenvalue weighted by molar-refractivity contribution is 5.33. The van der Waals surface area contributed by atoms with Crippen molar-refractivity contribution in [1.29, 1.82) is 0 Å². The lowest BCUT2D eigenvalue weighted by molar-refractivity contribution is 0.122. The molecule has 0 spiro atoms. The molecule has 0 saturated carbocycles. The number of rotatable bonds is 4. The zero-order chi connectivity index (χ0) is 19.3. The van der Waals surface area contributed by atoms with Gasteiger partial charge in [-0.05, 0) is 32.4 Å². The molecule has 2 aromatic heterocycles. The Bertz CT molecular complexity index is 774. The van der Waals surface area contributed by atoms with Crippen LogP contribution in [0.3, 0.4) is 0 Å². The number of nitrogens with zero attached hydrogens (tertiary/aromatic N) is 7. The highest BCUT2D eigenvalue weighted by Crippen LogP contribution is 2.15. The molecule has 0 radical (unpaired) electrons. The fraction of sp³-hybridized carbons (Fsp3) is 0.600. The summed E-state index contributed by atoms with van der Waals surface area (Å²) in [6, 6.07) is 4.05. The molecule has 0 aromatic carbocycles. The average Bonchev–Trinajstić information content (AvgIpc) is 2.94. The van der Waals surface area contributed by atoms with Crippen LogP contribution in [0.15, 0.2) is 18.3 Å². The molecule has 0 unspecified atom stereocenters. The summed E-state index contributed by atoms with van der Waals surface area (Å²) in [6.07, 6.45) is 2.97. The number of ether oxygens (including phenoxy) is 1. The molecule has 0 aliphatic carbocycles. The first-order valence-electron chi connectivity index (χ1n) is 10.1. The maximum Gasteiger partial charge on any atom is 0.225 e. The van der Waals surface area contributed by atoms with Gasteiger partial charge in [0.2, 0.25) is 11.9 Å². The molecule has 150 valence electrons. The Kier molecular flexibility index (Phi) is 5.97. The van der Waals surface area contributed by atoms with E-state index in [1.165, 1.54) is 0 Å². The van der Waals surface area contributed by atoms with Crippen LogP contribution in [0.2, 0.25) is 0 Å². The number of anilines is 2. The lowest BCUT2D eigenvalue weighted by atomic mass is 10.3. The molecular weight excluding hydrogens is 354 g/mol. The highest BCUT2D eigenvalue weighted by atomic mass is 16.5. The first-order chi connectivity index (χ1) is 13.7. The summed E-state index contributed by atoms with van der Waals surface area (Å²) < 4.78 is 5.43. The Hall–Kier alpha value is -2.32. The molecular formula is C20H29N7O. The zero-order valence-electron chi connectivity index (χ0n) is 16.8. The van der Waals surface area contributed by atoms with Crippen LogP contribution >= 0.6 is 0 Å². The highest BCUT2D eigenvalue weighted by Gasteiger charge is 2.19. The van der Waals surface area contributed by atoms with Crippen LogP contribution in [0, 0.1) is 13.8 Å². The molecule has 2 saturated heterocycles. The quantitative estimate of drug-likeness (QED) is 0.785. The molecule has 8 heteroatoms. The summed E-state index contributed by atoms with van der Waals surface area (Å²) in [5.74, 6) is 1.68. The number of aromatic nitrogens is 4. The van der Waals surface area contributed by atoms with Crippen molar-refractivity contribution in [3.63, 3.8) is 0 Å². The third kappa shape index (κ3) is 4.74. The second-order valence-electron chi connectivity index (χ2n) is 7.51. The number of morpholine rings is 1. The van der Waals surface area contributed by atoms with Crippen LogP contribution in [-0.4, -0.2) is 77.3 Å². The topological polar surface area (TPSA) is 70.5 Å². The van der Waals surface area contributed by atoms with Gasteiger partial charge in [0.05, 0.1) is 18.9 Å². The van der Waals surface area contributed by atoms with E-state index >= 15 is 0 Å². The van der Waals surface area contributed by atoms with Crippen LogP contribution in [0.4, 0.5) is 11.9 Å². The van der Waals surface area contributed by atoms with Gasteiger partial charge in [-0.2, -0.15) is 0 Å². The largest absolute Gasteiger partial charge is 0.378 e. The third-order valence-electron chi connectivity index (χ3n) is 5.22. The molecule has 0 N–H and O–H groups in total. The van der Waals surface area contributed by atoms with E-state index in [9.17, 15) is 0 Å². The van der Waals surface area contributed by atoms with Crippen molar-refractivity contribution in [2.24, 2.45) is 0 Å². The van der Waals surface area contributed by atoms with Gasteiger partial charge in [-0.15, -0.1) is 0 Å². The fourth-order valence-electron chi connectivity index (χ4n) is 3.80. The Morgan fingerprint density at radius 2 is 1.61 bits per heavy atom. The molecule has 2 fully saturated rings. The SMILES string of the molecule is Cc1cc(C)nc(N2CCCN(Cc3ccnc(N4CCOCC4)n3)CC2)n1. The van der Waals surface area contributed by atoms with E-state index < -0.39 is 0 Å². The van der Waals surface area contributed by atoms with Crippen LogP contribution in [0.5, 0.6) is 0 Å². The van der Waals surface area contributed by atoms with Gasteiger partial charge in [-0.3, -0.25) is 4.90 Å². The van der Waals surface area contributed by atoms with Crippen molar-refractivity contribution in [2.75, 3.05) is 62.3 Å². The minimum absolute atomic E-state index is 0.746. The smallest absolute Gasteiger partial charge is 0.225 e. The Morgan fingerprint density at radius 1 is 0.857 bits per heavy atom. The van der Waals surface area contributed by atoms with Gasteiger partial charge in [-0.25, -0.2) is 19.9 Å². The first-order valence-corrected chi connectivity index (χ1v) is 10.1. The van der Waals surface area contributed by atoms with Crippen molar-refractivity contribution < 1.29 is 4.74 Å². The molecule has 0 atom stereocenters. The standard InChI is InChI=1S/C20H29N7O/c1-16-14-17(2)23-20(22-16)26-7-3-6-25(8-9-26)15-18-4-5-21-19(24-18)27-10-12-28-13-11-27/h4-5,14H,3,6-13,15H2,1-2H3. The van der Waals surface area contributed by atoms with E-state index in [0.29, 0.717) is 0 Å². The first kappa shape index (κ1) is 19.0. The summed E-state index contributed by atoms with van der Waals surface area (Å²) in [4.78, 5) is 25.5.